The van der Waals surface area contributed by atoms with Gasteiger partial charge in [0.2, 0.25) is 0 Å². The molecule has 4 aromatic heterocycles. The Kier molecular flexibility index (Phi) is 7.80. The topological polar surface area (TPSA) is 61.7 Å². The number of hydrogen-bond acceptors (Lipinski definition) is 4. The number of furan rings is 1. The van der Waals surface area contributed by atoms with Gasteiger partial charge >= 0.3 is 0 Å². The lowest BCUT2D eigenvalue weighted by atomic mass is 10.0. The molecule has 0 aliphatic heterocycles. The van der Waals surface area contributed by atoms with Crippen molar-refractivity contribution in [1.29, 1.82) is 0 Å². The smallest absolute Gasteiger partial charge is 0.164 e. The third-order valence-corrected chi connectivity index (χ3v) is 12.4. The molecule has 13 rings (SSSR count). The van der Waals surface area contributed by atoms with Crippen molar-refractivity contribution in [3.8, 4) is 56.7 Å². The van der Waals surface area contributed by atoms with E-state index in [-0.39, 0.29) is 0 Å². The molecule has 0 saturated carbocycles. The first-order chi connectivity index (χ1) is 31.2. The van der Waals surface area contributed by atoms with Crippen LogP contribution in [0.15, 0.2) is 217 Å². The van der Waals surface area contributed by atoms with E-state index >= 15 is 0 Å². The van der Waals surface area contributed by atoms with Crippen LogP contribution in [0.4, 0.5) is 0 Å². The number of hydrogen-bond donors (Lipinski definition) is 0. The van der Waals surface area contributed by atoms with Crippen LogP contribution >= 0.6 is 0 Å². The Labute approximate surface area is 361 Å². The normalized spacial score (nSPS) is 11.8. The Hall–Kier alpha value is -8.61. The first-order valence-electron chi connectivity index (χ1n) is 21.2. The second-order valence-corrected chi connectivity index (χ2v) is 16.0. The maximum absolute atomic E-state index is 7.08. The van der Waals surface area contributed by atoms with Crippen LogP contribution in [0.2, 0.25) is 0 Å². The predicted octanol–water partition coefficient (Wildman–Crippen LogP) is 14.6. The molecule has 0 atom stereocenters. The Morgan fingerprint density at radius 3 is 1.48 bits per heavy atom. The van der Waals surface area contributed by atoms with Crippen LogP contribution in [0.3, 0.4) is 0 Å². The van der Waals surface area contributed by atoms with E-state index in [2.05, 4.69) is 185 Å². The van der Waals surface area contributed by atoms with Crippen molar-refractivity contribution in [3.05, 3.63) is 212 Å². The average Bonchev–Trinajstić information content (AvgIpc) is 4.02. The van der Waals surface area contributed by atoms with Gasteiger partial charge in [0, 0.05) is 54.7 Å². The molecule has 0 radical (unpaired) electrons. The Morgan fingerprint density at radius 2 is 0.794 bits per heavy atom. The molecule has 6 heteroatoms. The quantitative estimate of drug-likeness (QED) is 0.168. The predicted molar refractivity (Wildman–Crippen MR) is 258 cm³/mol. The molecule has 6 nitrogen and oxygen atoms in total. The van der Waals surface area contributed by atoms with Gasteiger partial charge in [-0.25, -0.2) is 15.0 Å². The van der Waals surface area contributed by atoms with E-state index in [1.54, 1.807) is 0 Å². The summed E-state index contributed by atoms with van der Waals surface area (Å²) in [7, 11) is 0. The molecule has 294 valence electrons. The first-order valence-corrected chi connectivity index (χ1v) is 21.2. The van der Waals surface area contributed by atoms with Crippen LogP contribution in [-0.2, 0) is 0 Å². The zero-order valence-corrected chi connectivity index (χ0v) is 33.9. The number of para-hydroxylation sites is 4. The molecule has 9 aromatic carbocycles. The van der Waals surface area contributed by atoms with Gasteiger partial charge in [-0.15, -0.1) is 0 Å². The van der Waals surface area contributed by atoms with Gasteiger partial charge in [-0.05, 0) is 59.7 Å². The van der Waals surface area contributed by atoms with Gasteiger partial charge in [0.1, 0.15) is 5.58 Å². The summed E-state index contributed by atoms with van der Waals surface area (Å²) < 4.78 is 11.9. The van der Waals surface area contributed by atoms with Crippen LogP contribution in [0.5, 0.6) is 0 Å². The monoisotopic (exact) mass is 805 g/mol. The van der Waals surface area contributed by atoms with Gasteiger partial charge < -0.3 is 13.6 Å². The molecule has 13 aromatic rings. The molecule has 63 heavy (non-hydrogen) atoms. The van der Waals surface area contributed by atoms with Gasteiger partial charge in [0.15, 0.2) is 23.1 Å². The van der Waals surface area contributed by atoms with Gasteiger partial charge in [0.05, 0.1) is 27.8 Å². The zero-order valence-electron chi connectivity index (χ0n) is 33.9. The molecule has 4 heterocycles. The van der Waals surface area contributed by atoms with E-state index < -0.39 is 0 Å². The number of rotatable bonds is 6. The SMILES string of the molecule is c1ccc(-c2ccc(-c3nc(-c4ccccc4)nc(-c4ccc5c(c4)oc4c5ccc5c6cccc(-n7c8ccccc8c8ccccc87)c6n(-c6ccccc6)c54)n3)cc2)cc1. The summed E-state index contributed by atoms with van der Waals surface area (Å²) in [6.45, 7) is 0. The highest BCUT2D eigenvalue weighted by Crippen LogP contribution is 2.44. The van der Waals surface area contributed by atoms with Crippen LogP contribution in [0.1, 0.15) is 0 Å². The van der Waals surface area contributed by atoms with Crippen molar-refractivity contribution in [2.75, 3.05) is 0 Å². The van der Waals surface area contributed by atoms with Crippen molar-refractivity contribution in [1.82, 2.24) is 24.1 Å². The lowest BCUT2D eigenvalue weighted by Gasteiger charge is -2.14. The van der Waals surface area contributed by atoms with Crippen LogP contribution in [0, 0.1) is 0 Å². The van der Waals surface area contributed by atoms with Crippen molar-refractivity contribution in [2.45, 2.75) is 0 Å². The summed E-state index contributed by atoms with van der Waals surface area (Å²) in [6.07, 6.45) is 0. The minimum absolute atomic E-state index is 0.577. The molecule has 0 spiro atoms. The summed E-state index contributed by atoms with van der Waals surface area (Å²) in [5.41, 5.74) is 13.2. The first kappa shape index (κ1) is 35.2. The maximum atomic E-state index is 7.08. The molecule has 0 bridgehead atoms. The van der Waals surface area contributed by atoms with E-state index in [1.165, 1.54) is 21.8 Å². The van der Waals surface area contributed by atoms with Gasteiger partial charge in [-0.2, -0.15) is 0 Å². The molecule has 0 aliphatic carbocycles. The number of fused-ring (bicyclic) bond motifs is 10. The summed E-state index contributed by atoms with van der Waals surface area (Å²) >= 11 is 0. The summed E-state index contributed by atoms with van der Waals surface area (Å²) in [4.78, 5) is 15.2. The molecule has 0 N–H and O–H groups in total. The molecule has 0 saturated heterocycles. The fourth-order valence-corrected chi connectivity index (χ4v) is 9.49. The number of benzene rings is 9. The Bertz CT molecular complexity index is 3830. The summed E-state index contributed by atoms with van der Waals surface area (Å²) in [6, 6.07) is 74.3. The van der Waals surface area contributed by atoms with E-state index in [0.29, 0.717) is 17.5 Å². The average molecular weight is 806 g/mol. The van der Waals surface area contributed by atoms with Crippen LogP contribution < -0.4 is 0 Å². The van der Waals surface area contributed by atoms with Gasteiger partial charge in [0.25, 0.3) is 0 Å². The second kappa shape index (κ2) is 14.0. The largest absolute Gasteiger partial charge is 0.454 e. The minimum Gasteiger partial charge on any atom is -0.454 e. The molecule has 0 amide bonds. The number of nitrogens with zero attached hydrogens (tertiary/aromatic N) is 5. The van der Waals surface area contributed by atoms with Crippen LogP contribution in [0.25, 0.3) is 122 Å². The fraction of sp³-hybridized carbons (Fsp3) is 0. The van der Waals surface area contributed by atoms with Crippen molar-refractivity contribution in [3.63, 3.8) is 0 Å². The van der Waals surface area contributed by atoms with E-state index in [4.69, 9.17) is 19.4 Å². The maximum Gasteiger partial charge on any atom is 0.164 e. The highest BCUT2D eigenvalue weighted by molar-refractivity contribution is 6.23. The summed E-state index contributed by atoms with van der Waals surface area (Å²) in [5.74, 6) is 1.80. The standard InChI is InChI=1S/C57H35N5O/c1-4-15-36(16-5-1)37-27-29-39(30-28-37)56-58-55(38-17-6-2-7-18-38)59-57(60-56)40-31-32-44-47-34-33-46-45-23-14-26-50(62-48-24-12-10-21-42(48)43-22-11-13-25-49(43)62)52(45)61(41-19-8-3-9-20-41)53(46)54(47)63-51(44)35-40/h1-35H. The zero-order chi connectivity index (χ0) is 41.4. The van der Waals surface area contributed by atoms with Gasteiger partial charge in [-0.1, -0.05) is 164 Å². The molecular formula is C57H35N5O. The molecule has 0 unspecified atom stereocenters. The van der Waals surface area contributed by atoms with Crippen LogP contribution in [-0.4, -0.2) is 24.1 Å². The lowest BCUT2D eigenvalue weighted by Crippen LogP contribution is -2.00. The van der Waals surface area contributed by atoms with E-state index in [1.807, 2.05) is 36.4 Å². The van der Waals surface area contributed by atoms with E-state index in [0.717, 1.165) is 82.9 Å². The third kappa shape index (κ3) is 5.55. The second-order valence-electron chi connectivity index (χ2n) is 16.0. The Morgan fingerprint density at radius 1 is 0.317 bits per heavy atom. The highest BCUT2D eigenvalue weighted by Gasteiger charge is 2.24. The number of aromatic nitrogens is 5. The van der Waals surface area contributed by atoms with Crippen molar-refractivity contribution >= 4 is 65.6 Å². The van der Waals surface area contributed by atoms with Gasteiger partial charge in [-0.3, -0.25) is 0 Å². The summed E-state index contributed by atoms with van der Waals surface area (Å²) in [5, 5.41) is 6.80. The Balaban J connectivity index is 1.02. The molecular weight excluding hydrogens is 771 g/mol. The molecule has 0 aliphatic rings. The highest BCUT2D eigenvalue weighted by atomic mass is 16.3. The van der Waals surface area contributed by atoms with E-state index in [9.17, 15) is 0 Å². The third-order valence-electron chi connectivity index (χ3n) is 12.4. The fourth-order valence-electron chi connectivity index (χ4n) is 9.49. The van der Waals surface area contributed by atoms with Crippen molar-refractivity contribution < 1.29 is 4.42 Å². The van der Waals surface area contributed by atoms with Crippen molar-refractivity contribution in [2.24, 2.45) is 0 Å². The minimum atomic E-state index is 0.577. The lowest BCUT2D eigenvalue weighted by molar-refractivity contribution is 0.671. The molecule has 0 fully saturated rings.